The number of rotatable bonds is 4. The Morgan fingerprint density at radius 1 is 1.22 bits per heavy atom. The summed E-state index contributed by atoms with van der Waals surface area (Å²) < 4.78 is 5.45. The average Bonchev–Trinajstić information content (AvgIpc) is 2.61. The molecule has 0 bridgehead atoms. The lowest BCUT2D eigenvalue weighted by Crippen LogP contribution is -2.64. The summed E-state index contributed by atoms with van der Waals surface area (Å²) in [5.74, 6) is 0.914. The van der Waals surface area contributed by atoms with E-state index < -0.39 is 0 Å². The van der Waals surface area contributed by atoms with Crippen molar-refractivity contribution in [2.45, 2.75) is 25.7 Å². The van der Waals surface area contributed by atoms with Gasteiger partial charge in [-0.2, -0.15) is 0 Å². The molecule has 2 fully saturated rings. The van der Waals surface area contributed by atoms with Gasteiger partial charge in [-0.1, -0.05) is 25.1 Å². The normalized spacial score (nSPS) is 26.8. The number of benzene rings is 1. The van der Waals surface area contributed by atoms with E-state index in [1.807, 2.05) is 24.3 Å². The van der Waals surface area contributed by atoms with Crippen molar-refractivity contribution in [2.75, 3.05) is 39.8 Å². The lowest BCUT2D eigenvalue weighted by Gasteiger charge is -2.43. The molecule has 3 rings (SSSR count). The van der Waals surface area contributed by atoms with E-state index in [0.717, 1.165) is 44.0 Å². The molecule has 2 heterocycles. The van der Waals surface area contributed by atoms with Crippen molar-refractivity contribution < 1.29 is 9.53 Å². The van der Waals surface area contributed by atoms with Gasteiger partial charge in [0, 0.05) is 44.2 Å². The molecular formula is C17H26N4O2. The fraction of sp³-hybridized carbons (Fsp3) is 0.588. The van der Waals surface area contributed by atoms with Crippen molar-refractivity contribution in [3.63, 3.8) is 0 Å². The first-order valence-electron chi connectivity index (χ1n) is 8.36. The van der Waals surface area contributed by atoms with Gasteiger partial charge in [-0.15, -0.1) is 0 Å². The Labute approximate surface area is 137 Å². The first kappa shape index (κ1) is 16.2. The van der Waals surface area contributed by atoms with Crippen LogP contribution in [-0.2, 0) is 4.79 Å². The second-order valence-corrected chi connectivity index (χ2v) is 6.11. The Kier molecular flexibility index (Phi) is 5.15. The van der Waals surface area contributed by atoms with Crippen LogP contribution in [0.15, 0.2) is 24.3 Å². The number of likely N-dealkylation sites (N-methyl/N-ethyl adjacent to an activating group) is 1. The Morgan fingerprint density at radius 2 is 1.96 bits per heavy atom. The third-order valence-electron chi connectivity index (χ3n) is 4.78. The number of methoxy groups -OCH3 is 1. The van der Waals surface area contributed by atoms with E-state index in [4.69, 9.17) is 4.74 Å². The van der Waals surface area contributed by atoms with Gasteiger partial charge >= 0.3 is 0 Å². The number of nitrogens with one attached hydrogen (secondary N) is 2. The van der Waals surface area contributed by atoms with Crippen molar-refractivity contribution in [2.24, 2.45) is 0 Å². The van der Waals surface area contributed by atoms with Crippen molar-refractivity contribution in [1.82, 2.24) is 20.4 Å². The molecule has 1 aromatic carbocycles. The summed E-state index contributed by atoms with van der Waals surface area (Å²) >= 11 is 0. The van der Waals surface area contributed by atoms with Crippen molar-refractivity contribution in [3.8, 4) is 5.75 Å². The number of ether oxygens (including phenoxy) is 1. The van der Waals surface area contributed by atoms with Crippen molar-refractivity contribution >= 4 is 5.91 Å². The predicted octanol–water partition coefficient (Wildman–Crippen LogP) is 0.767. The molecule has 0 radical (unpaired) electrons. The van der Waals surface area contributed by atoms with Crippen LogP contribution in [0.25, 0.3) is 0 Å². The highest BCUT2D eigenvalue weighted by Crippen LogP contribution is 2.29. The van der Waals surface area contributed by atoms with Crippen LogP contribution in [0.3, 0.4) is 0 Å². The maximum absolute atomic E-state index is 12.2. The Balaban J connectivity index is 1.71. The second-order valence-electron chi connectivity index (χ2n) is 6.11. The molecule has 1 amide bonds. The number of piperazine rings is 1. The van der Waals surface area contributed by atoms with Crippen LogP contribution in [0.4, 0.5) is 0 Å². The lowest BCUT2D eigenvalue weighted by atomic mass is 10.0. The molecule has 2 saturated heterocycles. The monoisotopic (exact) mass is 318 g/mol. The van der Waals surface area contributed by atoms with Crippen LogP contribution in [-0.4, -0.2) is 61.8 Å². The minimum Gasteiger partial charge on any atom is -0.496 e. The Hall–Kier alpha value is -1.63. The summed E-state index contributed by atoms with van der Waals surface area (Å²) in [6.45, 7) is 7.29. The highest BCUT2D eigenvalue weighted by molar-refractivity contribution is 5.78. The van der Waals surface area contributed by atoms with Gasteiger partial charge < -0.3 is 15.0 Å². The van der Waals surface area contributed by atoms with Crippen LogP contribution in [0.1, 0.15) is 24.9 Å². The molecule has 2 aliphatic heterocycles. The van der Waals surface area contributed by atoms with Gasteiger partial charge in [-0.25, -0.2) is 0 Å². The second kappa shape index (κ2) is 7.29. The van der Waals surface area contributed by atoms with Gasteiger partial charge in [-0.05, 0) is 12.6 Å². The quantitative estimate of drug-likeness (QED) is 0.859. The minimum atomic E-state index is -0.106. The maximum Gasteiger partial charge on any atom is 0.224 e. The number of carbonyl (C=O) groups excluding carboxylic acids is 1. The highest BCUT2D eigenvalue weighted by atomic mass is 16.5. The molecule has 2 aliphatic rings. The van der Waals surface area contributed by atoms with Gasteiger partial charge in [0.15, 0.2) is 0 Å². The zero-order valence-corrected chi connectivity index (χ0v) is 13.9. The first-order valence-corrected chi connectivity index (χ1v) is 8.36. The summed E-state index contributed by atoms with van der Waals surface area (Å²) in [5, 5.41) is 6.65. The van der Waals surface area contributed by atoms with Crippen LogP contribution in [0, 0.1) is 0 Å². The molecule has 1 aromatic rings. The predicted molar refractivity (Wildman–Crippen MR) is 89.1 cm³/mol. The van der Waals surface area contributed by atoms with E-state index in [1.54, 1.807) is 7.11 Å². The van der Waals surface area contributed by atoms with Gasteiger partial charge in [0.2, 0.25) is 5.91 Å². The molecular weight excluding hydrogens is 292 g/mol. The Bertz CT molecular complexity index is 543. The molecule has 0 spiro atoms. The smallest absolute Gasteiger partial charge is 0.224 e. The van der Waals surface area contributed by atoms with Gasteiger partial charge in [0.05, 0.1) is 7.11 Å². The zero-order chi connectivity index (χ0) is 16.2. The molecule has 126 valence electrons. The number of carbonyl (C=O) groups is 1. The topological polar surface area (TPSA) is 56.8 Å². The summed E-state index contributed by atoms with van der Waals surface area (Å²) in [7, 11) is 1.67. The summed E-state index contributed by atoms with van der Waals surface area (Å²) in [6.07, 6.45) is 0.330. The van der Waals surface area contributed by atoms with Crippen molar-refractivity contribution in [3.05, 3.63) is 29.8 Å². The first-order chi connectivity index (χ1) is 11.2. The highest BCUT2D eigenvalue weighted by Gasteiger charge is 2.32. The number of para-hydroxylation sites is 1. The minimum absolute atomic E-state index is 0.0193. The molecule has 2 N–H and O–H groups in total. The van der Waals surface area contributed by atoms with Crippen LogP contribution in [0.2, 0.25) is 0 Å². The summed E-state index contributed by atoms with van der Waals surface area (Å²) in [4.78, 5) is 16.9. The van der Waals surface area contributed by atoms with E-state index in [0.29, 0.717) is 6.42 Å². The van der Waals surface area contributed by atoms with E-state index >= 15 is 0 Å². The summed E-state index contributed by atoms with van der Waals surface area (Å²) in [6, 6.07) is 7.89. The van der Waals surface area contributed by atoms with Crippen molar-refractivity contribution in [1.29, 1.82) is 0 Å². The average molecular weight is 318 g/mol. The van der Waals surface area contributed by atoms with Gasteiger partial charge in [0.25, 0.3) is 0 Å². The fourth-order valence-electron chi connectivity index (χ4n) is 3.38. The zero-order valence-electron chi connectivity index (χ0n) is 13.9. The maximum atomic E-state index is 12.2. The third kappa shape index (κ3) is 3.65. The molecule has 0 aliphatic carbocycles. The van der Waals surface area contributed by atoms with Crippen LogP contribution in [0.5, 0.6) is 5.75 Å². The largest absolute Gasteiger partial charge is 0.496 e. The van der Waals surface area contributed by atoms with Gasteiger partial charge in [0.1, 0.15) is 12.0 Å². The molecule has 2 atom stereocenters. The van der Waals surface area contributed by atoms with E-state index in [1.165, 1.54) is 0 Å². The molecule has 6 heteroatoms. The molecule has 6 nitrogen and oxygen atoms in total. The summed E-state index contributed by atoms with van der Waals surface area (Å²) in [5.41, 5.74) is 1.04. The van der Waals surface area contributed by atoms with Crippen LogP contribution >= 0.6 is 0 Å². The molecule has 0 aromatic heterocycles. The number of hydrogen-bond donors (Lipinski definition) is 2. The standard InChI is InChI=1S/C17H26N4O2/c1-3-20-8-10-21(11-9-20)17-18-14(12-16(22)19-17)13-6-4-5-7-15(13)23-2/h4-7,14,17-18H,3,8-12H2,1-2H3,(H,19,22). The SMILES string of the molecule is CCN1CCN(C2NC(=O)CC(c3ccccc3OC)N2)CC1. The molecule has 0 saturated carbocycles. The van der Waals surface area contributed by atoms with E-state index in [2.05, 4.69) is 27.4 Å². The van der Waals surface area contributed by atoms with Gasteiger partial charge in [-0.3, -0.25) is 15.0 Å². The number of amides is 1. The number of hydrogen-bond acceptors (Lipinski definition) is 5. The molecule has 2 unspecified atom stereocenters. The van der Waals surface area contributed by atoms with E-state index in [9.17, 15) is 4.79 Å². The lowest BCUT2D eigenvalue weighted by molar-refractivity contribution is -0.127. The third-order valence-corrected chi connectivity index (χ3v) is 4.78. The number of nitrogens with zero attached hydrogens (tertiary/aromatic N) is 2. The fourth-order valence-corrected chi connectivity index (χ4v) is 3.38. The van der Waals surface area contributed by atoms with E-state index in [-0.39, 0.29) is 18.2 Å². The van der Waals surface area contributed by atoms with Crippen LogP contribution < -0.4 is 15.4 Å². The molecule has 23 heavy (non-hydrogen) atoms. The Morgan fingerprint density at radius 3 is 2.65 bits per heavy atom.